The number of hydrogen-bond acceptors (Lipinski definition) is 4. The van der Waals surface area contributed by atoms with E-state index in [1.54, 1.807) is 18.7 Å². The Kier molecular flexibility index (Phi) is 3.28. The van der Waals surface area contributed by atoms with Crippen LogP contribution in [0.1, 0.15) is 11.7 Å². The summed E-state index contributed by atoms with van der Waals surface area (Å²) < 4.78 is 4.88. The Balaban J connectivity index is 1.96. The van der Waals surface area contributed by atoms with E-state index >= 15 is 0 Å². The van der Waals surface area contributed by atoms with Crippen molar-refractivity contribution in [3.05, 3.63) is 41.0 Å². The van der Waals surface area contributed by atoms with Crippen molar-refractivity contribution in [3.8, 4) is 0 Å². The lowest BCUT2D eigenvalue weighted by Gasteiger charge is -1.97. The third kappa shape index (κ3) is 2.97. The predicted octanol–water partition coefficient (Wildman–Crippen LogP) is 3.32. The second kappa shape index (κ2) is 4.68. The molecule has 0 N–H and O–H groups in total. The molecule has 1 aromatic carbocycles. The van der Waals surface area contributed by atoms with Crippen LogP contribution >= 0.6 is 23.4 Å². The van der Waals surface area contributed by atoms with Gasteiger partial charge >= 0.3 is 0 Å². The third-order valence-electron chi connectivity index (χ3n) is 1.75. The van der Waals surface area contributed by atoms with Crippen LogP contribution < -0.4 is 0 Å². The first-order chi connectivity index (χ1) is 7.24. The van der Waals surface area contributed by atoms with E-state index in [0.29, 0.717) is 17.5 Å². The fourth-order valence-electron chi connectivity index (χ4n) is 1.08. The Morgan fingerprint density at radius 3 is 2.67 bits per heavy atom. The molecule has 1 aromatic heterocycles. The SMILES string of the molecule is Cc1nc(CSc2ccc(Cl)cc2)no1. The summed E-state index contributed by atoms with van der Waals surface area (Å²) >= 11 is 7.44. The van der Waals surface area contributed by atoms with Crippen molar-refractivity contribution in [2.24, 2.45) is 0 Å². The monoisotopic (exact) mass is 240 g/mol. The van der Waals surface area contributed by atoms with Gasteiger partial charge in [0.1, 0.15) is 0 Å². The zero-order chi connectivity index (χ0) is 10.7. The Labute approximate surface area is 96.8 Å². The topological polar surface area (TPSA) is 38.9 Å². The molecule has 78 valence electrons. The number of aryl methyl sites for hydroxylation is 1. The fraction of sp³-hybridized carbons (Fsp3) is 0.200. The number of nitrogens with zero attached hydrogens (tertiary/aromatic N) is 2. The Hall–Kier alpha value is -1.00. The van der Waals surface area contributed by atoms with E-state index in [1.165, 1.54) is 0 Å². The van der Waals surface area contributed by atoms with E-state index in [9.17, 15) is 0 Å². The molecule has 3 nitrogen and oxygen atoms in total. The fourth-order valence-corrected chi connectivity index (χ4v) is 1.95. The molecule has 1 heterocycles. The van der Waals surface area contributed by atoms with Crippen molar-refractivity contribution < 1.29 is 4.52 Å². The molecule has 0 atom stereocenters. The van der Waals surface area contributed by atoms with Gasteiger partial charge in [-0.15, -0.1) is 11.8 Å². The van der Waals surface area contributed by atoms with Crippen molar-refractivity contribution in [3.63, 3.8) is 0 Å². The van der Waals surface area contributed by atoms with E-state index < -0.39 is 0 Å². The lowest BCUT2D eigenvalue weighted by atomic mass is 10.4. The molecule has 0 aliphatic heterocycles. The van der Waals surface area contributed by atoms with Gasteiger partial charge in [0, 0.05) is 16.8 Å². The summed E-state index contributed by atoms with van der Waals surface area (Å²) in [5.41, 5.74) is 0. The van der Waals surface area contributed by atoms with Gasteiger partial charge in [0.15, 0.2) is 5.82 Å². The number of thioether (sulfide) groups is 1. The molecule has 5 heteroatoms. The molecule has 0 saturated carbocycles. The molecule has 0 spiro atoms. The molecule has 0 unspecified atom stereocenters. The molecule has 2 rings (SSSR count). The standard InChI is InChI=1S/C10H9ClN2OS/c1-7-12-10(13-14-7)6-15-9-4-2-8(11)3-5-9/h2-5H,6H2,1H3. The lowest BCUT2D eigenvalue weighted by Crippen LogP contribution is -1.83. The Morgan fingerprint density at radius 2 is 2.07 bits per heavy atom. The van der Waals surface area contributed by atoms with Crippen LogP contribution in [0.4, 0.5) is 0 Å². The second-order valence-electron chi connectivity index (χ2n) is 2.97. The molecule has 0 radical (unpaired) electrons. The van der Waals surface area contributed by atoms with Gasteiger partial charge in [-0.05, 0) is 24.3 Å². The molecule has 0 aliphatic rings. The molecule has 15 heavy (non-hydrogen) atoms. The summed E-state index contributed by atoms with van der Waals surface area (Å²) in [6.45, 7) is 1.78. The van der Waals surface area contributed by atoms with Gasteiger partial charge in [-0.2, -0.15) is 4.98 Å². The first-order valence-electron chi connectivity index (χ1n) is 4.41. The van der Waals surface area contributed by atoms with Gasteiger partial charge in [-0.25, -0.2) is 0 Å². The molecule has 0 fully saturated rings. The highest BCUT2D eigenvalue weighted by molar-refractivity contribution is 7.98. The largest absolute Gasteiger partial charge is 0.340 e. The number of halogens is 1. The van der Waals surface area contributed by atoms with Crippen molar-refractivity contribution in [1.82, 2.24) is 10.1 Å². The number of benzene rings is 1. The lowest BCUT2D eigenvalue weighted by molar-refractivity contribution is 0.389. The summed E-state index contributed by atoms with van der Waals surface area (Å²) in [7, 11) is 0. The summed E-state index contributed by atoms with van der Waals surface area (Å²) in [6, 6.07) is 7.68. The minimum atomic E-state index is 0.599. The summed E-state index contributed by atoms with van der Waals surface area (Å²) in [4.78, 5) is 5.26. The average Bonchev–Trinajstić information content (AvgIpc) is 2.64. The van der Waals surface area contributed by atoms with Crippen LogP contribution in [-0.4, -0.2) is 10.1 Å². The predicted molar refractivity (Wildman–Crippen MR) is 60.0 cm³/mol. The van der Waals surface area contributed by atoms with Crippen LogP contribution in [0.15, 0.2) is 33.7 Å². The van der Waals surface area contributed by atoms with Gasteiger partial charge in [0.05, 0.1) is 5.75 Å². The van der Waals surface area contributed by atoms with Gasteiger partial charge in [0.2, 0.25) is 5.89 Å². The zero-order valence-electron chi connectivity index (χ0n) is 8.11. The smallest absolute Gasteiger partial charge is 0.223 e. The van der Waals surface area contributed by atoms with Crippen molar-refractivity contribution >= 4 is 23.4 Å². The van der Waals surface area contributed by atoms with Crippen LogP contribution in [-0.2, 0) is 5.75 Å². The maximum atomic E-state index is 5.78. The first-order valence-corrected chi connectivity index (χ1v) is 5.78. The van der Waals surface area contributed by atoms with E-state index in [-0.39, 0.29) is 0 Å². The molecular weight excluding hydrogens is 232 g/mol. The quantitative estimate of drug-likeness (QED) is 0.772. The molecule has 0 bridgehead atoms. The highest BCUT2D eigenvalue weighted by Crippen LogP contribution is 2.22. The van der Waals surface area contributed by atoms with Crippen LogP contribution in [0.3, 0.4) is 0 Å². The maximum absolute atomic E-state index is 5.78. The van der Waals surface area contributed by atoms with Gasteiger partial charge in [0.25, 0.3) is 0 Å². The first kappa shape index (κ1) is 10.5. The maximum Gasteiger partial charge on any atom is 0.223 e. The minimum absolute atomic E-state index is 0.599. The number of rotatable bonds is 3. The van der Waals surface area contributed by atoms with Crippen LogP contribution in [0.5, 0.6) is 0 Å². The minimum Gasteiger partial charge on any atom is -0.340 e. The van der Waals surface area contributed by atoms with E-state index in [0.717, 1.165) is 9.92 Å². The average molecular weight is 241 g/mol. The van der Waals surface area contributed by atoms with Crippen LogP contribution in [0, 0.1) is 6.92 Å². The van der Waals surface area contributed by atoms with Crippen molar-refractivity contribution in [2.75, 3.05) is 0 Å². The molecule has 2 aromatic rings. The van der Waals surface area contributed by atoms with E-state index in [4.69, 9.17) is 16.1 Å². The molecule has 0 aliphatic carbocycles. The van der Waals surface area contributed by atoms with Gasteiger partial charge in [-0.1, -0.05) is 16.8 Å². The van der Waals surface area contributed by atoms with Crippen molar-refractivity contribution in [1.29, 1.82) is 0 Å². The van der Waals surface area contributed by atoms with E-state index in [2.05, 4.69) is 10.1 Å². The Morgan fingerprint density at radius 1 is 1.33 bits per heavy atom. The highest BCUT2D eigenvalue weighted by Gasteiger charge is 2.02. The van der Waals surface area contributed by atoms with Gasteiger partial charge < -0.3 is 4.52 Å². The molecule has 0 saturated heterocycles. The van der Waals surface area contributed by atoms with Crippen molar-refractivity contribution in [2.45, 2.75) is 17.6 Å². The second-order valence-corrected chi connectivity index (χ2v) is 4.46. The summed E-state index contributed by atoms with van der Waals surface area (Å²) in [6.07, 6.45) is 0. The molecular formula is C10H9ClN2OS. The Bertz CT molecular complexity index is 441. The normalized spacial score (nSPS) is 10.5. The third-order valence-corrected chi connectivity index (χ3v) is 3.01. The zero-order valence-corrected chi connectivity index (χ0v) is 9.68. The van der Waals surface area contributed by atoms with Crippen LogP contribution in [0.25, 0.3) is 0 Å². The summed E-state index contributed by atoms with van der Waals surface area (Å²) in [5.74, 6) is 2.02. The number of hydrogen-bond donors (Lipinski definition) is 0. The van der Waals surface area contributed by atoms with E-state index in [1.807, 2.05) is 24.3 Å². The van der Waals surface area contributed by atoms with Crippen LogP contribution in [0.2, 0.25) is 5.02 Å². The van der Waals surface area contributed by atoms with Gasteiger partial charge in [-0.3, -0.25) is 0 Å². The molecule has 0 amide bonds. The summed E-state index contributed by atoms with van der Waals surface area (Å²) in [5, 5.41) is 4.56. The number of aromatic nitrogens is 2. The highest BCUT2D eigenvalue weighted by atomic mass is 35.5.